The summed E-state index contributed by atoms with van der Waals surface area (Å²) in [6, 6.07) is 18.9. The first-order chi connectivity index (χ1) is 17.5. The van der Waals surface area contributed by atoms with Crippen LogP contribution < -0.4 is 5.73 Å². The number of carbonyl (C=O) groups excluding carboxylic acids is 3. The van der Waals surface area contributed by atoms with Gasteiger partial charge >= 0.3 is 0 Å². The first-order valence-electron chi connectivity index (χ1n) is 12.1. The molecule has 0 bridgehead atoms. The fourth-order valence-corrected chi connectivity index (χ4v) is 6.21. The van der Waals surface area contributed by atoms with Gasteiger partial charge in [0.25, 0.3) is 0 Å². The van der Waals surface area contributed by atoms with E-state index < -0.39 is 29.8 Å². The van der Waals surface area contributed by atoms with Gasteiger partial charge in [0.05, 0.1) is 16.8 Å². The number of benzene rings is 2. The lowest BCUT2D eigenvalue weighted by Crippen LogP contribution is -2.51. The summed E-state index contributed by atoms with van der Waals surface area (Å²) in [4.78, 5) is 43.1. The smallest absolute Gasteiger partial charge is 0.240 e. The molecule has 0 spiro atoms. The van der Waals surface area contributed by atoms with Gasteiger partial charge < -0.3 is 10.6 Å². The normalized spacial score (nSPS) is 24.1. The van der Waals surface area contributed by atoms with Gasteiger partial charge in [0.15, 0.2) is 5.78 Å². The highest BCUT2D eigenvalue weighted by Gasteiger charge is 2.56. The summed E-state index contributed by atoms with van der Waals surface area (Å²) in [5.41, 5.74) is 7.71. The molecule has 2 amide bonds. The summed E-state index contributed by atoms with van der Waals surface area (Å²) in [6.45, 7) is 0. The zero-order valence-corrected chi connectivity index (χ0v) is 21.2. The second-order valence-corrected chi connectivity index (χ2v) is 10.8. The average Bonchev–Trinajstić information content (AvgIpc) is 3.49. The molecule has 4 unspecified atom stereocenters. The van der Waals surface area contributed by atoms with E-state index in [2.05, 4.69) is 0 Å². The molecule has 2 N–H and O–H groups in total. The average molecular weight is 519 g/mol. The van der Waals surface area contributed by atoms with Crippen LogP contribution in [0.2, 0.25) is 5.02 Å². The molecular formula is C29H27ClN2O3S. The molecule has 5 nitrogen and oxygen atoms in total. The molecule has 4 atom stereocenters. The molecular weight excluding hydrogens is 492 g/mol. The van der Waals surface area contributed by atoms with Crippen LogP contribution in [0.1, 0.15) is 46.0 Å². The fourth-order valence-electron chi connectivity index (χ4n) is 5.37. The summed E-state index contributed by atoms with van der Waals surface area (Å²) in [7, 11) is 0. The molecule has 36 heavy (non-hydrogen) atoms. The van der Waals surface area contributed by atoms with Crippen LogP contribution >= 0.6 is 22.9 Å². The van der Waals surface area contributed by atoms with Gasteiger partial charge in [-0.3, -0.25) is 14.4 Å². The van der Waals surface area contributed by atoms with Crippen LogP contribution in [0, 0.1) is 11.8 Å². The molecule has 2 fully saturated rings. The van der Waals surface area contributed by atoms with Gasteiger partial charge in [-0.2, -0.15) is 0 Å². The van der Waals surface area contributed by atoms with Crippen molar-refractivity contribution in [2.24, 2.45) is 17.6 Å². The van der Waals surface area contributed by atoms with Crippen molar-refractivity contribution in [1.82, 2.24) is 4.90 Å². The Hall–Kier alpha value is -3.22. The molecule has 1 saturated carbocycles. The molecule has 7 heteroatoms. The predicted octanol–water partition coefficient (Wildman–Crippen LogP) is 5.56. The van der Waals surface area contributed by atoms with Crippen LogP contribution in [0.5, 0.6) is 0 Å². The van der Waals surface area contributed by atoms with Crippen molar-refractivity contribution in [2.75, 3.05) is 0 Å². The molecule has 1 aliphatic heterocycles. The van der Waals surface area contributed by atoms with E-state index in [1.54, 1.807) is 23.1 Å². The van der Waals surface area contributed by atoms with Crippen LogP contribution in [0.25, 0.3) is 6.08 Å². The van der Waals surface area contributed by atoms with Crippen molar-refractivity contribution in [1.29, 1.82) is 0 Å². The fraction of sp³-hybridized carbons (Fsp3) is 0.276. The Morgan fingerprint density at radius 1 is 0.972 bits per heavy atom. The van der Waals surface area contributed by atoms with Crippen molar-refractivity contribution in [3.8, 4) is 0 Å². The number of nitrogens with two attached hydrogens (primary N) is 1. The largest absolute Gasteiger partial charge is 0.368 e. The number of nitrogens with zero attached hydrogens (tertiary/aromatic N) is 1. The summed E-state index contributed by atoms with van der Waals surface area (Å²) in [5, 5.41) is 2.41. The zero-order chi connectivity index (χ0) is 25.2. The number of hydrogen-bond donors (Lipinski definition) is 1. The quantitative estimate of drug-likeness (QED) is 0.416. The molecule has 2 heterocycles. The van der Waals surface area contributed by atoms with E-state index in [-0.39, 0.29) is 17.6 Å². The van der Waals surface area contributed by atoms with Crippen LogP contribution in [0.15, 0.2) is 78.2 Å². The monoisotopic (exact) mass is 518 g/mol. The highest BCUT2D eigenvalue weighted by molar-refractivity contribution is 7.12. The van der Waals surface area contributed by atoms with Crippen molar-refractivity contribution >= 4 is 46.6 Å². The standard InChI is InChI=1S/C29H27ClN2O3S/c30-21-14-12-19(13-15-21)24-25(27(33)23-10-5-17-36-23)22(16-11-18-6-2-1-3-7-18)32(26(24)28(31)34)29(35)20-8-4-9-20/h1-3,5-7,10-17,20,22,24-26H,4,8-9H2,(H2,31,34). The highest BCUT2D eigenvalue weighted by atomic mass is 35.5. The van der Waals surface area contributed by atoms with E-state index >= 15 is 0 Å². The third kappa shape index (κ3) is 4.63. The topological polar surface area (TPSA) is 80.5 Å². The minimum atomic E-state index is -0.946. The molecule has 1 aromatic heterocycles. The minimum Gasteiger partial charge on any atom is -0.368 e. The van der Waals surface area contributed by atoms with Gasteiger partial charge in [-0.15, -0.1) is 11.3 Å². The maximum Gasteiger partial charge on any atom is 0.240 e. The van der Waals surface area contributed by atoms with Crippen LogP contribution in [0.4, 0.5) is 0 Å². The van der Waals surface area contributed by atoms with Gasteiger partial charge in [-0.1, -0.05) is 78.7 Å². The third-order valence-corrected chi connectivity index (χ3v) is 8.46. The molecule has 3 aromatic rings. The summed E-state index contributed by atoms with van der Waals surface area (Å²) < 4.78 is 0. The Balaban J connectivity index is 1.67. The summed E-state index contributed by atoms with van der Waals surface area (Å²) in [6.07, 6.45) is 6.36. The maximum absolute atomic E-state index is 14.0. The summed E-state index contributed by atoms with van der Waals surface area (Å²) in [5.74, 6) is -2.23. The van der Waals surface area contributed by atoms with Gasteiger partial charge in [0, 0.05) is 16.9 Å². The number of primary amides is 1. The molecule has 2 aliphatic rings. The van der Waals surface area contributed by atoms with E-state index in [0.717, 1.165) is 30.4 Å². The van der Waals surface area contributed by atoms with E-state index in [4.69, 9.17) is 17.3 Å². The highest BCUT2D eigenvalue weighted by Crippen LogP contribution is 2.47. The van der Waals surface area contributed by atoms with Gasteiger partial charge in [0.1, 0.15) is 6.04 Å². The number of ketones is 1. The van der Waals surface area contributed by atoms with E-state index in [0.29, 0.717) is 9.90 Å². The number of amides is 2. The minimum absolute atomic E-state index is 0.0946. The lowest BCUT2D eigenvalue weighted by molar-refractivity contribution is -0.144. The van der Waals surface area contributed by atoms with Crippen LogP contribution in [-0.4, -0.2) is 34.6 Å². The number of carbonyl (C=O) groups is 3. The number of hydrogen-bond acceptors (Lipinski definition) is 4. The molecule has 1 saturated heterocycles. The Morgan fingerprint density at radius 2 is 1.69 bits per heavy atom. The SMILES string of the molecule is NC(=O)C1C(c2ccc(Cl)cc2)C(C(=O)c2cccs2)C(C=Cc2ccccc2)N1C(=O)C1CCC1. The van der Waals surface area contributed by atoms with Gasteiger partial charge in [-0.25, -0.2) is 0 Å². The summed E-state index contributed by atoms with van der Waals surface area (Å²) >= 11 is 7.52. The Labute approximate surface area is 219 Å². The lowest BCUT2D eigenvalue weighted by Gasteiger charge is -2.35. The first kappa shape index (κ1) is 24.5. The molecule has 1 aliphatic carbocycles. The predicted molar refractivity (Wildman–Crippen MR) is 143 cm³/mol. The van der Waals surface area contributed by atoms with Crippen molar-refractivity contribution in [3.63, 3.8) is 0 Å². The number of likely N-dealkylation sites (tertiary alicyclic amines) is 1. The maximum atomic E-state index is 14.0. The number of thiophene rings is 1. The van der Waals surface area contributed by atoms with Crippen molar-refractivity contribution in [3.05, 3.63) is 99.2 Å². The number of rotatable bonds is 7. The van der Waals surface area contributed by atoms with Crippen molar-refractivity contribution < 1.29 is 14.4 Å². The molecule has 0 radical (unpaired) electrons. The van der Waals surface area contributed by atoms with Crippen LogP contribution in [0.3, 0.4) is 0 Å². The number of halogens is 1. The Kier molecular flexibility index (Phi) is 7.08. The molecule has 5 rings (SSSR count). The molecule has 184 valence electrons. The zero-order valence-electron chi connectivity index (χ0n) is 19.6. The second-order valence-electron chi connectivity index (χ2n) is 9.43. The Bertz CT molecular complexity index is 1270. The first-order valence-corrected chi connectivity index (χ1v) is 13.4. The number of Topliss-reactive ketones (excluding diaryl/α,β-unsaturated/α-hetero) is 1. The van der Waals surface area contributed by atoms with E-state index in [1.165, 1.54) is 11.3 Å². The van der Waals surface area contributed by atoms with Crippen LogP contribution in [-0.2, 0) is 9.59 Å². The van der Waals surface area contributed by atoms with E-state index in [1.807, 2.05) is 66.1 Å². The van der Waals surface area contributed by atoms with Crippen molar-refractivity contribution in [2.45, 2.75) is 37.3 Å². The third-order valence-electron chi connectivity index (χ3n) is 7.32. The van der Waals surface area contributed by atoms with Gasteiger partial charge in [-0.05, 0) is 47.5 Å². The van der Waals surface area contributed by atoms with Gasteiger partial charge in [0.2, 0.25) is 11.8 Å². The lowest BCUT2D eigenvalue weighted by atomic mass is 9.78. The van der Waals surface area contributed by atoms with E-state index in [9.17, 15) is 14.4 Å². The second kappa shape index (κ2) is 10.4. The Morgan fingerprint density at radius 3 is 2.28 bits per heavy atom. The molecule has 2 aromatic carbocycles.